The van der Waals surface area contributed by atoms with Crippen molar-refractivity contribution in [3.8, 4) is 0 Å². The largest absolute Gasteiger partial charge is 0.337 e. The van der Waals surface area contributed by atoms with Crippen LogP contribution in [0.2, 0.25) is 0 Å². The molecule has 29 heavy (non-hydrogen) atoms. The summed E-state index contributed by atoms with van der Waals surface area (Å²) in [5.41, 5.74) is 2.10. The lowest BCUT2D eigenvalue weighted by Crippen LogP contribution is -2.48. The maximum atomic E-state index is 13.0. The van der Waals surface area contributed by atoms with E-state index in [9.17, 15) is 9.59 Å². The molecule has 3 aliphatic rings. The van der Waals surface area contributed by atoms with Crippen LogP contribution in [0.4, 0.5) is 5.82 Å². The first-order valence-electron chi connectivity index (χ1n) is 9.51. The number of hydrogen-bond acceptors (Lipinski definition) is 5. The normalized spacial score (nSPS) is 24.2. The molecular weight excluding hydrogens is 368 g/mol. The van der Waals surface area contributed by atoms with Crippen molar-refractivity contribution >= 4 is 17.6 Å². The molecule has 0 saturated heterocycles. The topological polar surface area (TPSA) is 104 Å². The van der Waals surface area contributed by atoms with Gasteiger partial charge < -0.3 is 5.32 Å². The molecule has 0 spiro atoms. The first-order valence-corrected chi connectivity index (χ1v) is 9.51. The molecule has 1 saturated carbocycles. The molecule has 2 amide bonds. The van der Waals surface area contributed by atoms with Crippen LogP contribution in [-0.4, -0.2) is 45.1 Å². The van der Waals surface area contributed by atoms with Gasteiger partial charge in [0.05, 0.1) is 24.1 Å². The van der Waals surface area contributed by atoms with Gasteiger partial charge in [-0.1, -0.05) is 6.07 Å². The standard InChI is InChI=1S/C21H18N6O2/c1-27-19-13(8-5-9-22-19)14-11-15(14)17(21(27)29)24-20(28)18-23-16(25-26-18)10-12-6-3-2-4-7-12/h3-9,14-15,17H,10-11H2,1H3,(H-,23,24,25,26,28)/p+1/t14-,15-,17-/m1/s1. The number of pyridine rings is 1. The zero-order valence-electron chi connectivity index (χ0n) is 15.8. The maximum absolute atomic E-state index is 13.0. The van der Waals surface area contributed by atoms with Crippen LogP contribution in [0, 0.1) is 12.0 Å². The molecule has 0 aromatic carbocycles. The average molecular weight is 387 g/mol. The maximum Gasteiger partial charge on any atom is 0.291 e. The lowest BCUT2D eigenvalue weighted by Gasteiger charge is -2.22. The second-order valence-corrected chi connectivity index (χ2v) is 7.46. The Kier molecular flexibility index (Phi) is 4.07. The van der Waals surface area contributed by atoms with Crippen LogP contribution in [0.25, 0.3) is 0 Å². The van der Waals surface area contributed by atoms with Crippen molar-refractivity contribution in [1.82, 2.24) is 25.5 Å². The number of hydrogen-bond donors (Lipinski definition) is 2. The van der Waals surface area contributed by atoms with Gasteiger partial charge in [0, 0.05) is 19.3 Å². The van der Waals surface area contributed by atoms with E-state index in [4.69, 9.17) is 0 Å². The zero-order valence-corrected chi connectivity index (χ0v) is 15.8. The predicted molar refractivity (Wildman–Crippen MR) is 105 cm³/mol. The molecule has 0 unspecified atom stereocenters. The zero-order chi connectivity index (χ0) is 20.0. The van der Waals surface area contributed by atoms with Gasteiger partial charge in [-0.2, -0.15) is 0 Å². The summed E-state index contributed by atoms with van der Waals surface area (Å²) in [6, 6.07) is 3.27. The Hall–Kier alpha value is -3.64. The average Bonchev–Trinajstić information content (AvgIpc) is 3.41. The third-order valence-electron chi connectivity index (χ3n) is 5.58. The third-order valence-corrected chi connectivity index (χ3v) is 5.58. The number of rotatable bonds is 4. The van der Waals surface area contributed by atoms with Crippen LogP contribution >= 0.6 is 0 Å². The van der Waals surface area contributed by atoms with E-state index in [0.717, 1.165) is 17.6 Å². The Bertz CT molecular complexity index is 1080. The van der Waals surface area contributed by atoms with Crippen molar-refractivity contribution in [3.05, 3.63) is 71.5 Å². The van der Waals surface area contributed by atoms with Crippen LogP contribution < -0.4 is 10.2 Å². The second kappa shape index (κ2) is 6.76. The Labute approximate surface area is 167 Å². The number of amides is 2. The molecule has 8 nitrogen and oxygen atoms in total. The number of nitrogens with one attached hydrogen (secondary N) is 2. The summed E-state index contributed by atoms with van der Waals surface area (Å²) in [5.74, 6) is 0.974. The van der Waals surface area contributed by atoms with Crippen LogP contribution in [-0.2, 0) is 11.2 Å². The van der Waals surface area contributed by atoms with Crippen molar-refractivity contribution in [1.29, 1.82) is 0 Å². The van der Waals surface area contributed by atoms with E-state index in [1.165, 1.54) is 4.90 Å². The van der Waals surface area contributed by atoms with Gasteiger partial charge >= 0.3 is 0 Å². The van der Waals surface area contributed by atoms with Crippen LogP contribution in [0.5, 0.6) is 0 Å². The van der Waals surface area contributed by atoms with E-state index < -0.39 is 11.9 Å². The number of H-pyrrole nitrogens is 1. The van der Waals surface area contributed by atoms with Gasteiger partial charge in [-0.3, -0.25) is 19.6 Å². The van der Waals surface area contributed by atoms with E-state index in [0.29, 0.717) is 18.1 Å². The lowest BCUT2D eigenvalue weighted by atomic mass is 10.1. The first-order chi connectivity index (χ1) is 14.1. The van der Waals surface area contributed by atoms with Crippen LogP contribution in [0.15, 0.2) is 48.2 Å². The van der Waals surface area contributed by atoms with E-state index in [1.54, 1.807) is 13.2 Å². The SMILES string of the molecule is CN1C(=O)[C@H](NC(=O)c2n[nH]c(CC3=CC=[C+]C=C3)n2)[C@@H]2C[C@@H]2c2cccnc21. The molecule has 5 rings (SSSR count). The molecule has 3 heterocycles. The minimum Gasteiger partial charge on any atom is -0.337 e. The van der Waals surface area contributed by atoms with Gasteiger partial charge in [-0.25, -0.2) is 9.97 Å². The smallest absolute Gasteiger partial charge is 0.291 e. The molecule has 1 fully saturated rings. The number of anilines is 1. The number of nitrogens with zero attached hydrogens (tertiary/aromatic N) is 4. The number of allylic oxidation sites excluding steroid dienone is 6. The van der Waals surface area contributed by atoms with Gasteiger partial charge in [0.1, 0.15) is 29.8 Å². The Balaban J connectivity index is 1.32. The van der Waals surface area contributed by atoms with Crippen molar-refractivity contribution < 1.29 is 9.59 Å². The highest BCUT2D eigenvalue weighted by Gasteiger charge is 2.52. The molecule has 2 aromatic heterocycles. The third kappa shape index (κ3) is 3.13. The molecular formula is C21H19N6O2+. The highest BCUT2D eigenvalue weighted by Crippen LogP contribution is 2.53. The van der Waals surface area contributed by atoms with E-state index in [2.05, 4.69) is 31.6 Å². The number of carbonyl (C=O) groups is 2. The summed E-state index contributed by atoms with van der Waals surface area (Å²) in [5, 5.41) is 9.68. The van der Waals surface area contributed by atoms with E-state index >= 15 is 0 Å². The predicted octanol–water partition coefficient (Wildman–Crippen LogP) is 1.48. The number of aromatic nitrogens is 4. The van der Waals surface area contributed by atoms with E-state index in [1.807, 2.05) is 36.4 Å². The molecule has 2 aromatic rings. The summed E-state index contributed by atoms with van der Waals surface area (Å²) in [6.45, 7) is 0. The lowest BCUT2D eigenvalue weighted by molar-refractivity contribution is -0.120. The minimum atomic E-state index is -0.613. The molecule has 0 bridgehead atoms. The highest BCUT2D eigenvalue weighted by molar-refractivity contribution is 6.02. The molecule has 2 N–H and O–H groups in total. The Morgan fingerprint density at radius 2 is 2.34 bits per heavy atom. The second-order valence-electron chi connectivity index (χ2n) is 7.46. The van der Waals surface area contributed by atoms with Gasteiger partial charge in [-0.15, -0.1) is 5.10 Å². The first kappa shape index (κ1) is 17.5. The Morgan fingerprint density at radius 3 is 3.17 bits per heavy atom. The molecule has 0 radical (unpaired) electrons. The summed E-state index contributed by atoms with van der Waals surface area (Å²) >= 11 is 0. The minimum absolute atomic E-state index is 0.0371. The fourth-order valence-corrected chi connectivity index (χ4v) is 4.00. The highest BCUT2D eigenvalue weighted by atomic mass is 16.2. The quantitative estimate of drug-likeness (QED) is 0.774. The molecule has 1 aliphatic heterocycles. The van der Waals surface area contributed by atoms with E-state index in [-0.39, 0.29) is 23.6 Å². The van der Waals surface area contributed by atoms with Crippen molar-refractivity contribution in [2.24, 2.45) is 5.92 Å². The number of fused-ring (bicyclic) bond motifs is 3. The Morgan fingerprint density at radius 1 is 1.45 bits per heavy atom. The van der Waals surface area contributed by atoms with Gasteiger partial charge in [-0.05, 0) is 29.9 Å². The summed E-state index contributed by atoms with van der Waals surface area (Å²) in [7, 11) is 1.69. The fourth-order valence-electron chi connectivity index (χ4n) is 4.00. The monoisotopic (exact) mass is 387 g/mol. The fraction of sp³-hybridized carbons (Fsp3) is 0.286. The van der Waals surface area contributed by atoms with Crippen molar-refractivity contribution in [2.75, 3.05) is 11.9 Å². The number of carbonyl (C=O) groups excluding carboxylic acids is 2. The summed E-state index contributed by atoms with van der Waals surface area (Å²) in [6.07, 6.45) is 13.5. The molecule has 3 atom stereocenters. The summed E-state index contributed by atoms with van der Waals surface area (Å²) in [4.78, 5) is 35.9. The van der Waals surface area contributed by atoms with Gasteiger partial charge in [0.2, 0.25) is 5.82 Å². The van der Waals surface area contributed by atoms with Gasteiger partial charge in [0.25, 0.3) is 11.8 Å². The van der Waals surface area contributed by atoms with Crippen molar-refractivity contribution in [2.45, 2.75) is 24.8 Å². The summed E-state index contributed by atoms with van der Waals surface area (Å²) < 4.78 is 0. The number of likely N-dealkylation sites (N-methyl/N-ethyl adjacent to an activating group) is 1. The molecule has 8 heteroatoms. The molecule has 2 aliphatic carbocycles. The van der Waals surface area contributed by atoms with Crippen LogP contribution in [0.3, 0.4) is 0 Å². The number of aromatic amines is 1. The molecule has 144 valence electrons. The van der Waals surface area contributed by atoms with Gasteiger partial charge in [0.15, 0.2) is 0 Å². The van der Waals surface area contributed by atoms with Crippen molar-refractivity contribution in [3.63, 3.8) is 0 Å². The van der Waals surface area contributed by atoms with Crippen LogP contribution in [0.1, 0.15) is 34.3 Å².